The zero-order valence-electron chi connectivity index (χ0n) is 18.1. The van der Waals surface area contributed by atoms with Crippen molar-refractivity contribution in [3.63, 3.8) is 0 Å². The van der Waals surface area contributed by atoms with Crippen molar-refractivity contribution in [3.8, 4) is 5.75 Å². The molecular weight excluding hydrogens is 366 g/mol. The zero-order valence-corrected chi connectivity index (χ0v) is 18.1. The zero-order chi connectivity index (χ0) is 20.6. The Bertz CT molecular complexity index is 714. The van der Waals surface area contributed by atoms with Crippen LogP contribution in [0, 0.1) is 29.4 Å². The molecule has 1 nitrogen and oxygen atoms in total. The molecule has 1 aromatic carbocycles. The third-order valence-electron chi connectivity index (χ3n) is 6.74. The maximum atomic E-state index is 14.2. The van der Waals surface area contributed by atoms with Crippen LogP contribution in [0.25, 0.3) is 0 Å². The molecule has 1 aromatic rings. The monoisotopic (exact) mass is 402 g/mol. The fraction of sp³-hybridized carbons (Fsp3) is 0.615. The molecule has 0 aromatic heterocycles. The molecule has 0 amide bonds. The van der Waals surface area contributed by atoms with E-state index in [1.807, 2.05) is 6.92 Å². The van der Waals surface area contributed by atoms with Crippen LogP contribution in [0.5, 0.6) is 5.75 Å². The minimum absolute atomic E-state index is 0.0176. The van der Waals surface area contributed by atoms with Gasteiger partial charge in [0.2, 0.25) is 5.82 Å². The first-order valence-electron chi connectivity index (χ1n) is 11.5. The van der Waals surface area contributed by atoms with E-state index in [1.54, 1.807) is 17.7 Å². The minimum atomic E-state index is -0.856. The lowest BCUT2D eigenvalue weighted by molar-refractivity contribution is 0.209. The Hall–Kier alpha value is -1.64. The Morgan fingerprint density at radius 3 is 2.52 bits per heavy atom. The van der Waals surface area contributed by atoms with Crippen molar-refractivity contribution in [2.45, 2.75) is 78.1 Å². The number of hydrogen-bond acceptors (Lipinski definition) is 1. The minimum Gasteiger partial charge on any atom is -0.490 e. The summed E-state index contributed by atoms with van der Waals surface area (Å²) < 4.78 is 33.6. The van der Waals surface area contributed by atoms with Gasteiger partial charge in [-0.05, 0) is 101 Å². The van der Waals surface area contributed by atoms with Crippen LogP contribution in [0.1, 0.15) is 77.2 Å². The molecule has 2 aliphatic carbocycles. The normalized spacial score (nSPS) is 25.2. The highest BCUT2D eigenvalue weighted by Gasteiger charge is 2.27. The highest BCUT2D eigenvalue weighted by molar-refractivity contribution is 5.31. The molecule has 1 fully saturated rings. The van der Waals surface area contributed by atoms with E-state index < -0.39 is 11.6 Å². The summed E-state index contributed by atoms with van der Waals surface area (Å²) in [5.41, 5.74) is 2.00. The van der Waals surface area contributed by atoms with Crippen LogP contribution in [-0.4, -0.2) is 6.61 Å². The lowest BCUT2D eigenvalue weighted by Gasteiger charge is -2.34. The molecule has 160 valence electrons. The van der Waals surface area contributed by atoms with E-state index in [0.717, 1.165) is 24.7 Å². The quantitative estimate of drug-likeness (QED) is 0.403. The molecule has 0 spiro atoms. The fourth-order valence-electron chi connectivity index (χ4n) is 4.84. The number of hydrogen-bond donors (Lipinski definition) is 0. The number of rotatable bonds is 8. The van der Waals surface area contributed by atoms with Crippen molar-refractivity contribution in [1.29, 1.82) is 0 Å². The van der Waals surface area contributed by atoms with Crippen LogP contribution in [0.4, 0.5) is 8.78 Å². The maximum Gasteiger partial charge on any atom is 0.200 e. The van der Waals surface area contributed by atoms with Gasteiger partial charge in [0, 0.05) is 0 Å². The number of ether oxygens (including phenoxy) is 1. The van der Waals surface area contributed by atoms with Gasteiger partial charge in [0.1, 0.15) is 0 Å². The average molecular weight is 403 g/mol. The van der Waals surface area contributed by atoms with Crippen LogP contribution in [0.15, 0.2) is 35.9 Å². The lowest BCUT2D eigenvalue weighted by atomic mass is 9.71. The van der Waals surface area contributed by atoms with Gasteiger partial charge < -0.3 is 4.74 Å². The molecule has 29 heavy (non-hydrogen) atoms. The first-order chi connectivity index (χ1) is 14.1. The molecule has 3 heteroatoms. The van der Waals surface area contributed by atoms with Crippen LogP contribution in [0.3, 0.4) is 0 Å². The smallest absolute Gasteiger partial charge is 0.200 e. The summed E-state index contributed by atoms with van der Waals surface area (Å²) in [4.78, 5) is 0. The Labute approximate surface area is 175 Å². The highest BCUT2D eigenvalue weighted by atomic mass is 19.2. The van der Waals surface area contributed by atoms with Gasteiger partial charge in [0.05, 0.1) is 6.61 Å². The Morgan fingerprint density at radius 1 is 1.03 bits per heavy atom. The van der Waals surface area contributed by atoms with Gasteiger partial charge in [-0.1, -0.05) is 36.8 Å². The molecule has 1 saturated carbocycles. The van der Waals surface area contributed by atoms with E-state index in [-0.39, 0.29) is 5.75 Å². The fourth-order valence-corrected chi connectivity index (χ4v) is 4.84. The van der Waals surface area contributed by atoms with E-state index in [2.05, 4.69) is 25.2 Å². The second-order valence-electron chi connectivity index (χ2n) is 8.93. The molecule has 0 radical (unpaired) electrons. The summed E-state index contributed by atoms with van der Waals surface area (Å²) in [5, 5.41) is 0. The van der Waals surface area contributed by atoms with Crippen molar-refractivity contribution in [3.05, 3.63) is 53.1 Å². The molecule has 0 saturated heterocycles. The molecule has 2 aliphatic rings. The topological polar surface area (TPSA) is 9.23 Å². The van der Waals surface area contributed by atoms with Crippen LogP contribution in [-0.2, 0) is 6.42 Å². The van der Waals surface area contributed by atoms with Gasteiger partial charge in [-0.3, -0.25) is 0 Å². The molecule has 0 heterocycles. The first kappa shape index (κ1) is 22.1. The van der Waals surface area contributed by atoms with Crippen molar-refractivity contribution < 1.29 is 13.5 Å². The summed E-state index contributed by atoms with van der Waals surface area (Å²) in [6.07, 6.45) is 18.1. The number of halogens is 2. The average Bonchev–Trinajstić information content (AvgIpc) is 2.74. The summed E-state index contributed by atoms with van der Waals surface area (Å²) in [7, 11) is 0. The van der Waals surface area contributed by atoms with Crippen molar-refractivity contribution >= 4 is 0 Å². The van der Waals surface area contributed by atoms with Crippen LogP contribution >= 0.6 is 0 Å². The lowest BCUT2D eigenvalue weighted by Crippen LogP contribution is -2.22. The van der Waals surface area contributed by atoms with E-state index in [9.17, 15) is 8.78 Å². The highest BCUT2D eigenvalue weighted by Crippen LogP contribution is 2.39. The maximum absolute atomic E-state index is 14.2. The predicted octanol–water partition coefficient (Wildman–Crippen LogP) is 7.80. The molecule has 0 bridgehead atoms. The molecule has 0 N–H and O–H groups in total. The molecule has 0 aliphatic heterocycles. The number of aryl methyl sites for hydroxylation is 1. The van der Waals surface area contributed by atoms with Gasteiger partial charge in [-0.15, -0.1) is 0 Å². The SMILES string of the molecule is CCCOc1ccc(CC/C=C/C2CCC(C3CC=C(C)CC3)CC2)c(F)c1F. The Balaban J connectivity index is 1.41. The van der Waals surface area contributed by atoms with E-state index in [4.69, 9.17) is 4.74 Å². The number of allylic oxidation sites excluding steroid dienone is 4. The van der Waals surface area contributed by atoms with Gasteiger partial charge >= 0.3 is 0 Å². The second kappa shape index (κ2) is 10.9. The summed E-state index contributed by atoms with van der Waals surface area (Å²) in [6, 6.07) is 3.21. The van der Waals surface area contributed by atoms with Crippen LogP contribution in [0.2, 0.25) is 0 Å². The molecule has 1 unspecified atom stereocenters. The number of benzene rings is 1. The van der Waals surface area contributed by atoms with Gasteiger partial charge in [0.25, 0.3) is 0 Å². The van der Waals surface area contributed by atoms with Gasteiger partial charge in [-0.25, -0.2) is 4.39 Å². The summed E-state index contributed by atoms with van der Waals surface area (Å²) in [6.45, 7) is 4.60. The molecular formula is C26H36F2O. The Kier molecular flexibility index (Phi) is 8.32. The molecule has 3 rings (SSSR count). The molecule has 1 atom stereocenters. The first-order valence-corrected chi connectivity index (χ1v) is 11.5. The summed E-state index contributed by atoms with van der Waals surface area (Å²) in [5.74, 6) is 0.845. The second-order valence-corrected chi connectivity index (χ2v) is 8.93. The van der Waals surface area contributed by atoms with Crippen molar-refractivity contribution in [2.24, 2.45) is 17.8 Å². The predicted molar refractivity (Wildman–Crippen MR) is 116 cm³/mol. The van der Waals surface area contributed by atoms with E-state index >= 15 is 0 Å². The largest absolute Gasteiger partial charge is 0.490 e. The van der Waals surface area contributed by atoms with Crippen LogP contribution < -0.4 is 4.74 Å². The standard InChI is InChI=1S/C26H36F2O/c1-3-18-29-24-17-16-23(25(27)26(24)28)7-5-4-6-20-10-14-22(15-11-20)21-12-8-19(2)9-13-21/h4,6,8,16-17,20-22H,3,5,7,9-15,18H2,1-2H3/b6-4+. The van der Waals surface area contributed by atoms with E-state index in [1.165, 1.54) is 44.9 Å². The third kappa shape index (κ3) is 6.17. The van der Waals surface area contributed by atoms with Crippen molar-refractivity contribution in [1.82, 2.24) is 0 Å². The Morgan fingerprint density at radius 2 is 1.83 bits per heavy atom. The van der Waals surface area contributed by atoms with Gasteiger partial charge in [0.15, 0.2) is 11.6 Å². The summed E-state index contributed by atoms with van der Waals surface area (Å²) >= 11 is 0. The van der Waals surface area contributed by atoms with Crippen molar-refractivity contribution in [2.75, 3.05) is 6.61 Å². The van der Waals surface area contributed by atoms with E-state index in [0.29, 0.717) is 24.5 Å². The van der Waals surface area contributed by atoms with Gasteiger partial charge in [-0.2, -0.15) is 4.39 Å². The third-order valence-corrected chi connectivity index (χ3v) is 6.74.